The molecule has 1 aliphatic heterocycles. The van der Waals surface area contributed by atoms with Crippen molar-refractivity contribution in [1.29, 1.82) is 0 Å². The molecule has 0 N–H and O–H groups in total. The highest BCUT2D eigenvalue weighted by Gasteiger charge is 2.28. The second-order valence-electron chi connectivity index (χ2n) is 5.12. The number of sulfonamides is 1. The predicted molar refractivity (Wildman–Crippen MR) is 84.8 cm³/mol. The van der Waals surface area contributed by atoms with Crippen LogP contribution in [0, 0.1) is 0 Å². The summed E-state index contributed by atoms with van der Waals surface area (Å²) >= 11 is 1.70. The Bertz CT molecular complexity index is 661. The van der Waals surface area contributed by atoms with Gasteiger partial charge in [0.25, 0.3) is 0 Å². The van der Waals surface area contributed by atoms with Crippen LogP contribution in [0.2, 0.25) is 0 Å². The number of piperazine rings is 1. The van der Waals surface area contributed by atoms with Crippen LogP contribution < -0.4 is 0 Å². The highest BCUT2D eigenvalue weighted by molar-refractivity contribution is 7.89. The highest BCUT2D eigenvalue weighted by Crippen LogP contribution is 2.18. The molecule has 2 aromatic rings. The van der Waals surface area contributed by atoms with Crippen LogP contribution in [0.15, 0.2) is 52.1 Å². The fraction of sp³-hybridized carbons (Fsp3) is 0.333. The lowest BCUT2D eigenvalue weighted by Gasteiger charge is -2.33. The molecule has 0 radical (unpaired) electrons. The van der Waals surface area contributed by atoms with E-state index in [1.54, 1.807) is 39.9 Å². The fourth-order valence-corrected chi connectivity index (χ4v) is 4.61. The van der Waals surface area contributed by atoms with Gasteiger partial charge in [0.1, 0.15) is 0 Å². The lowest BCUT2D eigenvalue weighted by molar-refractivity contribution is 0.182. The van der Waals surface area contributed by atoms with Crippen LogP contribution in [0.5, 0.6) is 0 Å². The quantitative estimate of drug-likeness (QED) is 0.867. The maximum absolute atomic E-state index is 12.5. The minimum atomic E-state index is -3.34. The number of thiophene rings is 1. The third-order valence-electron chi connectivity index (χ3n) is 3.70. The maximum atomic E-state index is 12.5. The Morgan fingerprint density at radius 2 is 1.71 bits per heavy atom. The van der Waals surface area contributed by atoms with Crippen LogP contribution in [-0.2, 0) is 16.6 Å². The summed E-state index contributed by atoms with van der Waals surface area (Å²) in [6.45, 7) is 3.58. The molecular formula is C15H18N2O2S2. The lowest BCUT2D eigenvalue weighted by Crippen LogP contribution is -2.48. The van der Waals surface area contributed by atoms with Gasteiger partial charge in [-0.1, -0.05) is 18.2 Å². The second-order valence-corrected chi connectivity index (χ2v) is 7.84. The zero-order chi connectivity index (χ0) is 14.7. The van der Waals surface area contributed by atoms with E-state index in [0.29, 0.717) is 18.0 Å². The lowest BCUT2D eigenvalue weighted by atomic mass is 10.3. The summed E-state index contributed by atoms with van der Waals surface area (Å²) in [4.78, 5) is 2.69. The molecule has 0 amide bonds. The number of nitrogens with zero attached hydrogens (tertiary/aromatic N) is 2. The van der Waals surface area contributed by atoms with E-state index in [1.807, 2.05) is 6.07 Å². The molecule has 0 unspecified atom stereocenters. The minimum Gasteiger partial charge on any atom is -0.296 e. The number of hydrogen-bond donors (Lipinski definition) is 0. The molecule has 2 heterocycles. The van der Waals surface area contributed by atoms with Crippen molar-refractivity contribution in [1.82, 2.24) is 9.21 Å². The van der Waals surface area contributed by atoms with E-state index in [0.717, 1.165) is 19.6 Å². The number of rotatable bonds is 4. The van der Waals surface area contributed by atoms with Crippen LogP contribution >= 0.6 is 11.3 Å². The zero-order valence-electron chi connectivity index (χ0n) is 11.7. The molecule has 0 spiro atoms. The van der Waals surface area contributed by atoms with Gasteiger partial charge in [-0.05, 0) is 34.5 Å². The Labute approximate surface area is 129 Å². The van der Waals surface area contributed by atoms with Crippen molar-refractivity contribution >= 4 is 21.4 Å². The molecular weight excluding hydrogens is 304 g/mol. The van der Waals surface area contributed by atoms with Gasteiger partial charge in [-0.2, -0.15) is 15.6 Å². The Morgan fingerprint density at radius 1 is 1.00 bits per heavy atom. The maximum Gasteiger partial charge on any atom is 0.243 e. The van der Waals surface area contributed by atoms with Crippen molar-refractivity contribution in [3.05, 3.63) is 52.7 Å². The van der Waals surface area contributed by atoms with Crippen LogP contribution in [0.1, 0.15) is 5.56 Å². The van der Waals surface area contributed by atoms with Crippen molar-refractivity contribution in [2.24, 2.45) is 0 Å². The molecule has 0 aliphatic carbocycles. The smallest absolute Gasteiger partial charge is 0.243 e. The largest absolute Gasteiger partial charge is 0.296 e. The summed E-state index contributed by atoms with van der Waals surface area (Å²) in [7, 11) is -3.34. The summed E-state index contributed by atoms with van der Waals surface area (Å²) in [5.74, 6) is 0. The summed E-state index contributed by atoms with van der Waals surface area (Å²) in [6.07, 6.45) is 0. The molecule has 4 nitrogen and oxygen atoms in total. The van der Waals surface area contributed by atoms with Crippen LogP contribution in [0.25, 0.3) is 0 Å². The first kappa shape index (κ1) is 14.7. The standard InChI is InChI=1S/C15H18N2O2S2/c18-21(19,15-4-2-1-3-5-15)17-9-7-16(8-10-17)12-14-6-11-20-13-14/h1-6,11,13H,7-10,12H2. The monoisotopic (exact) mass is 322 g/mol. The molecule has 6 heteroatoms. The second kappa shape index (κ2) is 6.27. The normalized spacial score (nSPS) is 17.9. The molecule has 1 aromatic heterocycles. The highest BCUT2D eigenvalue weighted by atomic mass is 32.2. The SMILES string of the molecule is O=S(=O)(c1ccccc1)N1CCN(Cc2ccsc2)CC1. The topological polar surface area (TPSA) is 40.6 Å². The van der Waals surface area contributed by atoms with E-state index in [1.165, 1.54) is 5.56 Å². The van der Waals surface area contributed by atoms with Gasteiger partial charge in [-0.25, -0.2) is 8.42 Å². The third kappa shape index (κ3) is 3.35. The van der Waals surface area contributed by atoms with Gasteiger partial charge in [0.05, 0.1) is 4.90 Å². The molecule has 0 bridgehead atoms. The molecule has 1 fully saturated rings. The first-order valence-corrected chi connectivity index (χ1v) is 9.33. The van der Waals surface area contributed by atoms with Gasteiger partial charge in [0.15, 0.2) is 0 Å². The van der Waals surface area contributed by atoms with Crippen molar-refractivity contribution in [2.75, 3.05) is 26.2 Å². The van der Waals surface area contributed by atoms with Crippen LogP contribution in [0.3, 0.4) is 0 Å². The minimum absolute atomic E-state index is 0.385. The van der Waals surface area contributed by atoms with Crippen LogP contribution in [0.4, 0.5) is 0 Å². The van der Waals surface area contributed by atoms with Crippen molar-refractivity contribution in [2.45, 2.75) is 11.4 Å². The zero-order valence-corrected chi connectivity index (χ0v) is 13.3. The summed E-state index contributed by atoms with van der Waals surface area (Å²) in [6, 6.07) is 10.8. The van der Waals surface area contributed by atoms with E-state index in [9.17, 15) is 8.42 Å². The van der Waals surface area contributed by atoms with Gasteiger partial charge in [0.2, 0.25) is 10.0 Å². The van der Waals surface area contributed by atoms with Gasteiger partial charge in [-0.15, -0.1) is 0 Å². The summed E-state index contributed by atoms with van der Waals surface area (Å²) in [5, 5.41) is 4.22. The van der Waals surface area contributed by atoms with Crippen molar-refractivity contribution in [3.8, 4) is 0 Å². The van der Waals surface area contributed by atoms with E-state index in [4.69, 9.17) is 0 Å². The molecule has 21 heavy (non-hydrogen) atoms. The van der Waals surface area contributed by atoms with Crippen molar-refractivity contribution < 1.29 is 8.42 Å². The molecule has 0 atom stereocenters. The molecule has 112 valence electrons. The first-order chi connectivity index (χ1) is 10.2. The van der Waals surface area contributed by atoms with E-state index >= 15 is 0 Å². The Kier molecular flexibility index (Phi) is 4.40. The van der Waals surface area contributed by atoms with Crippen molar-refractivity contribution in [3.63, 3.8) is 0 Å². The van der Waals surface area contributed by atoms with Crippen LogP contribution in [-0.4, -0.2) is 43.8 Å². The molecule has 0 saturated carbocycles. The Hall–Kier alpha value is -1.21. The fourth-order valence-electron chi connectivity index (χ4n) is 2.51. The molecule has 3 rings (SSSR count). The van der Waals surface area contributed by atoms with Gasteiger partial charge in [0, 0.05) is 32.7 Å². The van der Waals surface area contributed by atoms with Gasteiger partial charge >= 0.3 is 0 Å². The summed E-state index contributed by atoms with van der Waals surface area (Å²) < 4.78 is 26.6. The van der Waals surface area contributed by atoms with Gasteiger partial charge in [-0.3, -0.25) is 4.90 Å². The van der Waals surface area contributed by atoms with E-state index < -0.39 is 10.0 Å². The van der Waals surface area contributed by atoms with E-state index in [-0.39, 0.29) is 0 Å². The van der Waals surface area contributed by atoms with Gasteiger partial charge < -0.3 is 0 Å². The first-order valence-electron chi connectivity index (χ1n) is 6.95. The average molecular weight is 322 g/mol. The number of benzene rings is 1. The Balaban J connectivity index is 1.63. The molecule has 1 saturated heterocycles. The van der Waals surface area contributed by atoms with E-state index in [2.05, 4.69) is 21.7 Å². The number of hydrogen-bond acceptors (Lipinski definition) is 4. The summed E-state index contributed by atoms with van der Waals surface area (Å²) in [5.41, 5.74) is 1.30. The Morgan fingerprint density at radius 3 is 2.33 bits per heavy atom. The predicted octanol–water partition coefficient (Wildman–Crippen LogP) is 2.25. The molecule has 1 aliphatic rings. The molecule has 1 aromatic carbocycles. The third-order valence-corrected chi connectivity index (χ3v) is 6.34. The average Bonchev–Trinajstić information content (AvgIpc) is 3.02.